The topological polar surface area (TPSA) is 17.1 Å². The van der Waals surface area contributed by atoms with Crippen LogP contribution in [0.4, 0.5) is 13.2 Å². The molecule has 27 heavy (non-hydrogen) atoms. The molecule has 0 bridgehead atoms. The minimum atomic E-state index is -4.80. The maximum absolute atomic E-state index is 14.1. The van der Waals surface area contributed by atoms with Crippen molar-refractivity contribution in [3.63, 3.8) is 0 Å². The van der Waals surface area contributed by atoms with Gasteiger partial charge in [-0.15, -0.1) is 0 Å². The number of carbonyl (C=O) groups excluding carboxylic acids is 1. The number of halogens is 3. The summed E-state index contributed by atoms with van der Waals surface area (Å²) in [4.78, 5) is 12.9. The van der Waals surface area contributed by atoms with E-state index < -0.39 is 17.5 Å². The van der Waals surface area contributed by atoms with Crippen molar-refractivity contribution >= 4 is 11.4 Å². The van der Waals surface area contributed by atoms with Crippen LogP contribution in [0.1, 0.15) is 27.0 Å². The second-order valence-corrected chi connectivity index (χ2v) is 6.17. The van der Waals surface area contributed by atoms with E-state index >= 15 is 0 Å². The first-order chi connectivity index (χ1) is 12.9. The molecule has 0 aliphatic heterocycles. The van der Waals surface area contributed by atoms with E-state index in [0.29, 0.717) is 11.1 Å². The highest BCUT2D eigenvalue weighted by atomic mass is 19.4. The largest absolute Gasteiger partial charge is 0.420 e. The second-order valence-electron chi connectivity index (χ2n) is 6.17. The number of Topliss-reactive ketones (excluding diaryl/α,β-unsaturated/α-hetero) is 1. The van der Waals surface area contributed by atoms with Gasteiger partial charge in [0.05, 0.1) is 0 Å². The molecule has 0 heterocycles. The van der Waals surface area contributed by atoms with Crippen LogP contribution in [0, 0.1) is 6.92 Å². The number of alkyl halides is 3. The molecule has 0 unspecified atom stereocenters. The Kier molecular flexibility index (Phi) is 5.26. The van der Waals surface area contributed by atoms with Crippen molar-refractivity contribution in [2.24, 2.45) is 0 Å². The number of allylic oxidation sites excluding steroid dienone is 1. The molecule has 3 rings (SSSR count). The normalized spacial score (nSPS) is 11.1. The number of benzene rings is 3. The lowest BCUT2D eigenvalue weighted by Gasteiger charge is -2.18. The summed E-state index contributed by atoms with van der Waals surface area (Å²) >= 11 is 0. The predicted octanol–water partition coefficient (Wildman–Crippen LogP) is 6.24. The zero-order chi connectivity index (χ0) is 19.4. The van der Waals surface area contributed by atoms with E-state index in [1.165, 1.54) is 12.1 Å². The van der Waals surface area contributed by atoms with Crippen molar-refractivity contribution in [2.75, 3.05) is 0 Å². The smallest absolute Gasteiger partial charge is 0.289 e. The molecular formula is C23H17F3O. The number of hydrogen-bond acceptors (Lipinski definition) is 1. The molecule has 0 spiro atoms. The van der Waals surface area contributed by atoms with E-state index in [2.05, 4.69) is 0 Å². The summed E-state index contributed by atoms with van der Waals surface area (Å²) in [6.45, 7) is 1.81. The summed E-state index contributed by atoms with van der Waals surface area (Å²) < 4.78 is 42.2. The van der Waals surface area contributed by atoms with Crippen molar-refractivity contribution < 1.29 is 18.0 Å². The third-order valence-electron chi connectivity index (χ3n) is 4.20. The molecule has 4 heteroatoms. The van der Waals surface area contributed by atoms with Gasteiger partial charge in [0, 0.05) is 11.1 Å². The van der Waals surface area contributed by atoms with Crippen molar-refractivity contribution in [3.05, 3.63) is 113 Å². The first-order valence-corrected chi connectivity index (χ1v) is 8.41. The van der Waals surface area contributed by atoms with E-state index in [4.69, 9.17) is 0 Å². The Morgan fingerprint density at radius 3 is 1.52 bits per heavy atom. The van der Waals surface area contributed by atoms with Gasteiger partial charge in [-0.2, -0.15) is 13.2 Å². The van der Waals surface area contributed by atoms with E-state index in [9.17, 15) is 18.0 Å². The molecule has 136 valence electrons. The van der Waals surface area contributed by atoms with E-state index in [1.54, 1.807) is 72.8 Å². The first-order valence-electron chi connectivity index (χ1n) is 8.41. The number of ketones is 1. The van der Waals surface area contributed by atoms with Gasteiger partial charge in [0.1, 0.15) is 5.57 Å². The molecule has 0 aromatic heterocycles. The van der Waals surface area contributed by atoms with Crippen LogP contribution in [-0.2, 0) is 0 Å². The van der Waals surface area contributed by atoms with Crippen LogP contribution in [0.15, 0.2) is 90.5 Å². The fourth-order valence-electron chi connectivity index (χ4n) is 2.90. The Bertz CT molecular complexity index is 913. The van der Waals surface area contributed by atoms with Gasteiger partial charge < -0.3 is 0 Å². The molecular weight excluding hydrogens is 349 g/mol. The van der Waals surface area contributed by atoms with Gasteiger partial charge in [-0.05, 0) is 18.1 Å². The molecule has 0 aliphatic carbocycles. The summed E-state index contributed by atoms with van der Waals surface area (Å²) in [5.74, 6) is -1.04. The molecule has 0 atom stereocenters. The highest BCUT2D eigenvalue weighted by molar-refractivity contribution is 6.15. The van der Waals surface area contributed by atoms with Gasteiger partial charge in [-0.3, -0.25) is 4.79 Å². The van der Waals surface area contributed by atoms with Crippen molar-refractivity contribution in [1.29, 1.82) is 0 Å². The SMILES string of the molecule is Cc1ccc(C(=O)C(=C(c2ccccc2)c2ccccc2)C(F)(F)F)cc1. The van der Waals surface area contributed by atoms with E-state index in [0.717, 1.165) is 5.56 Å². The molecule has 0 saturated heterocycles. The van der Waals surface area contributed by atoms with Crippen LogP contribution in [-0.4, -0.2) is 12.0 Å². The monoisotopic (exact) mass is 366 g/mol. The zero-order valence-electron chi connectivity index (χ0n) is 14.6. The maximum Gasteiger partial charge on any atom is 0.420 e. The summed E-state index contributed by atoms with van der Waals surface area (Å²) in [5, 5.41) is 0. The molecule has 0 radical (unpaired) electrons. The van der Waals surface area contributed by atoms with Crippen LogP contribution in [0.2, 0.25) is 0 Å². The lowest BCUT2D eigenvalue weighted by molar-refractivity contribution is -0.0881. The molecule has 3 aromatic rings. The molecule has 3 aromatic carbocycles. The summed E-state index contributed by atoms with van der Waals surface area (Å²) in [5.41, 5.74) is 0.290. The van der Waals surface area contributed by atoms with Crippen LogP contribution < -0.4 is 0 Å². The average molecular weight is 366 g/mol. The Hall–Kier alpha value is -3.14. The molecule has 1 nitrogen and oxygen atoms in total. The third-order valence-corrected chi connectivity index (χ3v) is 4.20. The molecule has 0 amide bonds. The average Bonchev–Trinajstić information content (AvgIpc) is 2.66. The molecule has 0 N–H and O–H groups in total. The Balaban J connectivity index is 2.31. The van der Waals surface area contributed by atoms with E-state index in [1.807, 2.05) is 6.92 Å². The van der Waals surface area contributed by atoms with Crippen molar-refractivity contribution in [1.82, 2.24) is 0 Å². The minimum Gasteiger partial charge on any atom is -0.289 e. The highest BCUT2D eigenvalue weighted by Gasteiger charge is 2.42. The number of rotatable bonds is 4. The fraction of sp³-hybridized carbons (Fsp3) is 0.0870. The summed E-state index contributed by atoms with van der Waals surface area (Å²) in [7, 11) is 0. The highest BCUT2D eigenvalue weighted by Crippen LogP contribution is 2.38. The van der Waals surface area contributed by atoms with Gasteiger partial charge in [0.2, 0.25) is 0 Å². The lowest BCUT2D eigenvalue weighted by atomic mass is 9.88. The Labute approximate surface area is 155 Å². The first kappa shape index (κ1) is 18.6. The molecule has 0 fully saturated rings. The maximum atomic E-state index is 14.1. The van der Waals surface area contributed by atoms with Gasteiger partial charge in [0.25, 0.3) is 0 Å². The number of carbonyl (C=O) groups is 1. The van der Waals surface area contributed by atoms with Crippen molar-refractivity contribution in [2.45, 2.75) is 13.1 Å². The van der Waals surface area contributed by atoms with Gasteiger partial charge >= 0.3 is 6.18 Å². The lowest BCUT2D eigenvalue weighted by Crippen LogP contribution is -2.22. The van der Waals surface area contributed by atoms with Gasteiger partial charge in [0.15, 0.2) is 5.78 Å². The fourth-order valence-corrected chi connectivity index (χ4v) is 2.90. The Morgan fingerprint density at radius 2 is 1.11 bits per heavy atom. The predicted molar refractivity (Wildman–Crippen MR) is 100 cm³/mol. The standard InChI is InChI=1S/C23H17F3O/c1-16-12-14-19(15-13-16)22(27)21(23(24,25)26)20(17-8-4-2-5-9-17)18-10-6-3-7-11-18/h2-15H,1H3. The van der Waals surface area contributed by atoms with Crippen LogP contribution in [0.25, 0.3) is 5.57 Å². The number of aryl methyl sites for hydroxylation is 1. The third kappa shape index (κ3) is 4.17. The van der Waals surface area contributed by atoms with Crippen LogP contribution >= 0.6 is 0 Å². The minimum absolute atomic E-state index is 0.0114. The van der Waals surface area contributed by atoms with Gasteiger partial charge in [-0.25, -0.2) is 0 Å². The number of hydrogen-bond donors (Lipinski definition) is 0. The molecule has 0 saturated carbocycles. The van der Waals surface area contributed by atoms with E-state index in [-0.39, 0.29) is 11.1 Å². The Morgan fingerprint density at radius 1 is 0.667 bits per heavy atom. The van der Waals surface area contributed by atoms with Crippen LogP contribution in [0.5, 0.6) is 0 Å². The molecule has 0 aliphatic rings. The zero-order valence-corrected chi connectivity index (χ0v) is 14.6. The van der Waals surface area contributed by atoms with Crippen LogP contribution in [0.3, 0.4) is 0 Å². The van der Waals surface area contributed by atoms with Gasteiger partial charge in [-0.1, -0.05) is 90.5 Å². The quantitative estimate of drug-likeness (QED) is 0.394. The van der Waals surface area contributed by atoms with Crippen molar-refractivity contribution in [3.8, 4) is 0 Å². The summed E-state index contributed by atoms with van der Waals surface area (Å²) in [6, 6.07) is 22.5. The summed E-state index contributed by atoms with van der Waals surface area (Å²) in [6.07, 6.45) is -4.80. The second kappa shape index (κ2) is 7.62.